The zero-order valence-electron chi connectivity index (χ0n) is 42.5. The summed E-state index contributed by atoms with van der Waals surface area (Å²) in [7, 11) is 0. The van der Waals surface area contributed by atoms with E-state index in [2.05, 4.69) is 323 Å². The fourth-order valence-corrected chi connectivity index (χ4v) is 10.8. The summed E-state index contributed by atoms with van der Waals surface area (Å²) < 4.78 is 6.65. The van der Waals surface area contributed by atoms with E-state index in [0.29, 0.717) is 0 Å². The first-order chi connectivity index (χ1) is 38.2. The van der Waals surface area contributed by atoms with Crippen LogP contribution in [0.5, 0.6) is 0 Å². The van der Waals surface area contributed by atoms with Crippen LogP contribution in [0.4, 0.5) is 62.6 Å². The van der Waals surface area contributed by atoms with Crippen molar-refractivity contribution in [1.82, 2.24) is 0 Å². The number of allylic oxidation sites excluding steroid dienone is 3. The largest absolute Gasteiger partial charge is 0.456 e. The standard InChI is InChI=1S/C72H54N4O/c1-7-27-57(28-8-1)73(58-29-9-2-10-30-58)63-39-19-23-53(47-63)55-25-21-41-65(49-55)75(61-35-15-5-16-36-61)67-43-45-71-69(51-67)70-52-68(44-46-72(70)77-71)76(62-37-17-6-18-38-62)66-42-22-26-56(50-66)54-24-20-40-64(48-54)74(59-31-11-3-12-32-59)60-33-13-4-14-34-60/h1-19,21-23,25-52H,20,24H2. The Balaban J connectivity index is 0.870. The van der Waals surface area contributed by atoms with Gasteiger partial charge in [-0.25, -0.2) is 0 Å². The molecule has 0 saturated carbocycles. The van der Waals surface area contributed by atoms with Gasteiger partial charge in [0.25, 0.3) is 0 Å². The summed E-state index contributed by atoms with van der Waals surface area (Å²) in [6, 6.07) is 104. The molecule has 0 amide bonds. The molecule has 0 aliphatic heterocycles. The summed E-state index contributed by atoms with van der Waals surface area (Å²) in [5, 5.41) is 2.09. The van der Waals surface area contributed by atoms with Gasteiger partial charge < -0.3 is 24.0 Å². The second kappa shape index (κ2) is 21.0. The highest BCUT2D eigenvalue weighted by atomic mass is 16.3. The fraction of sp³-hybridized carbons (Fsp3) is 0.0278. The van der Waals surface area contributed by atoms with E-state index in [0.717, 1.165) is 108 Å². The second-order valence-electron chi connectivity index (χ2n) is 19.3. The maximum atomic E-state index is 6.65. The monoisotopic (exact) mass is 990 g/mol. The molecule has 0 atom stereocenters. The van der Waals surface area contributed by atoms with Gasteiger partial charge in [-0.05, 0) is 187 Å². The zero-order valence-corrected chi connectivity index (χ0v) is 42.5. The van der Waals surface area contributed by atoms with Crippen LogP contribution in [-0.4, -0.2) is 0 Å². The maximum absolute atomic E-state index is 6.65. The summed E-state index contributed by atoms with van der Waals surface area (Å²) in [6.07, 6.45) is 6.63. The highest BCUT2D eigenvalue weighted by Crippen LogP contribution is 2.44. The highest BCUT2D eigenvalue weighted by Gasteiger charge is 2.22. The number of fused-ring (bicyclic) bond motifs is 3. The predicted molar refractivity (Wildman–Crippen MR) is 324 cm³/mol. The minimum Gasteiger partial charge on any atom is -0.456 e. The molecule has 12 aromatic rings. The lowest BCUT2D eigenvalue weighted by molar-refractivity contribution is 0.669. The molecule has 1 aromatic heterocycles. The molecule has 0 N–H and O–H groups in total. The van der Waals surface area contributed by atoms with Crippen molar-refractivity contribution in [1.29, 1.82) is 0 Å². The van der Waals surface area contributed by atoms with Crippen LogP contribution in [0, 0.1) is 0 Å². The quantitative estimate of drug-likeness (QED) is 0.108. The maximum Gasteiger partial charge on any atom is 0.135 e. The van der Waals surface area contributed by atoms with Crippen LogP contribution in [0.3, 0.4) is 0 Å². The van der Waals surface area contributed by atoms with Gasteiger partial charge in [-0.3, -0.25) is 0 Å². The number of hydrogen-bond acceptors (Lipinski definition) is 5. The van der Waals surface area contributed by atoms with Crippen molar-refractivity contribution in [2.45, 2.75) is 12.8 Å². The number of anilines is 11. The van der Waals surface area contributed by atoms with Crippen LogP contribution in [0.1, 0.15) is 18.4 Å². The molecule has 11 aromatic carbocycles. The smallest absolute Gasteiger partial charge is 0.135 e. The van der Waals surface area contributed by atoms with Crippen LogP contribution in [0.25, 0.3) is 38.6 Å². The van der Waals surface area contributed by atoms with Crippen LogP contribution in [0.15, 0.2) is 313 Å². The molecule has 0 spiro atoms. The molecule has 0 unspecified atom stereocenters. The zero-order chi connectivity index (χ0) is 51.3. The molecular weight excluding hydrogens is 937 g/mol. The summed E-state index contributed by atoms with van der Waals surface area (Å²) in [5.74, 6) is 0. The van der Waals surface area contributed by atoms with Crippen LogP contribution < -0.4 is 19.6 Å². The molecule has 5 heteroatoms. The summed E-state index contributed by atoms with van der Waals surface area (Å²) in [5.41, 5.74) is 19.5. The molecule has 368 valence electrons. The lowest BCUT2D eigenvalue weighted by atomic mass is 9.94. The molecule has 1 heterocycles. The van der Waals surface area contributed by atoms with Crippen LogP contribution >= 0.6 is 0 Å². The highest BCUT2D eigenvalue weighted by molar-refractivity contribution is 6.08. The Kier molecular flexibility index (Phi) is 12.7. The lowest BCUT2D eigenvalue weighted by Gasteiger charge is -2.29. The number of hydrogen-bond donors (Lipinski definition) is 0. The number of rotatable bonds is 14. The van der Waals surface area contributed by atoms with E-state index in [9.17, 15) is 0 Å². The molecule has 1 aliphatic rings. The van der Waals surface area contributed by atoms with Gasteiger partial charge in [0.2, 0.25) is 0 Å². The molecule has 0 fully saturated rings. The first-order valence-corrected chi connectivity index (χ1v) is 26.4. The van der Waals surface area contributed by atoms with Crippen molar-refractivity contribution in [2.24, 2.45) is 0 Å². The molecule has 77 heavy (non-hydrogen) atoms. The van der Waals surface area contributed by atoms with Crippen molar-refractivity contribution >= 4 is 90.1 Å². The number of para-hydroxylation sites is 6. The number of furan rings is 1. The van der Waals surface area contributed by atoms with Crippen LogP contribution in [0.2, 0.25) is 0 Å². The third-order valence-electron chi connectivity index (χ3n) is 14.4. The minimum atomic E-state index is 0.835. The Morgan fingerprint density at radius 2 is 0.571 bits per heavy atom. The Labute approximate surface area is 450 Å². The molecular formula is C72H54N4O. The Bertz CT molecular complexity index is 3970. The van der Waals surface area contributed by atoms with Gasteiger partial charge in [0.05, 0.1) is 0 Å². The van der Waals surface area contributed by atoms with Gasteiger partial charge in [-0.2, -0.15) is 0 Å². The van der Waals surface area contributed by atoms with Crippen molar-refractivity contribution < 1.29 is 4.42 Å². The SMILES string of the molecule is C1=C(c2cccc(N(c3ccccc3)c3ccc4oc5ccc(N(c6ccccc6)c6cccc(-c7cccc(N(c8ccccc8)c8ccccc8)c7)c6)cc5c4c3)c2)CCC=C1N(c1ccccc1)c1ccccc1. The van der Waals surface area contributed by atoms with Gasteiger partial charge in [-0.15, -0.1) is 0 Å². The third-order valence-corrected chi connectivity index (χ3v) is 14.4. The summed E-state index contributed by atoms with van der Waals surface area (Å²) >= 11 is 0. The number of nitrogens with zero attached hydrogens (tertiary/aromatic N) is 4. The van der Waals surface area contributed by atoms with Crippen molar-refractivity contribution in [2.75, 3.05) is 19.6 Å². The Morgan fingerprint density at radius 1 is 0.260 bits per heavy atom. The van der Waals surface area contributed by atoms with Crippen LogP contribution in [-0.2, 0) is 0 Å². The molecule has 5 nitrogen and oxygen atoms in total. The first-order valence-electron chi connectivity index (χ1n) is 26.4. The van der Waals surface area contributed by atoms with Crippen molar-refractivity contribution in [3.05, 3.63) is 315 Å². The Morgan fingerprint density at radius 3 is 0.961 bits per heavy atom. The number of benzene rings is 11. The van der Waals surface area contributed by atoms with Gasteiger partial charge >= 0.3 is 0 Å². The van der Waals surface area contributed by atoms with Crippen molar-refractivity contribution in [3.8, 4) is 11.1 Å². The summed E-state index contributed by atoms with van der Waals surface area (Å²) in [4.78, 5) is 9.38. The van der Waals surface area contributed by atoms with E-state index in [-0.39, 0.29) is 0 Å². The minimum absolute atomic E-state index is 0.835. The van der Waals surface area contributed by atoms with Gasteiger partial charge in [0.1, 0.15) is 11.2 Å². The fourth-order valence-electron chi connectivity index (χ4n) is 10.8. The molecule has 13 rings (SSSR count). The van der Waals surface area contributed by atoms with E-state index in [1.165, 1.54) is 16.8 Å². The van der Waals surface area contributed by atoms with Crippen molar-refractivity contribution in [3.63, 3.8) is 0 Å². The average Bonchev–Trinajstić information content (AvgIpc) is 3.87. The van der Waals surface area contributed by atoms with Gasteiger partial charge in [0.15, 0.2) is 0 Å². The topological polar surface area (TPSA) is 26.1 Å². The first kappa shape index (κ1) is 46.7. The van der Waals surface area contributed by atoms with E-state index in [1.807, 2.05) is 0 Å². The lowest BCUT2D eigenvalue weighted by Crippen LogP contribution is -2.16. The molecule has 0 saturated heterocycles. The molecule has 0 bridgehead atoms. The second-order valence-corrected chi connectivity index (χ2v) is 19.3. The Hall–Kier alpha value is -10.1. The average molecular weight is 991 g/mol. The predicted octanol–water partition coefficient (Wildman–Crippen LogP) is 20.6. The third kappa shape index (κ3) is 9.55. The molecule has 0 radical (unpaired) electrons. The normalized spacial score (nSPS) is 12.2. The van der Waals surface area contributed by atoms with Gasteiger partial charge in [0, 0.05) is 79.0 Å². The molecule has 1 aliphatic carbocycles. The van der Waals surface area contributed by atoms with E-state index < -0.39 is 0 Å². The summed E-state index contributed by atoms with van der Waals surface area (Å²) in [6.45, 7) is 0. The van der Waals surface area contributed by atoms with E-state index >= 15 is 0 Å². The van der Waals surface area contributed by atoms with E-state index in [4.69, 9.17) is 4.42 Å². The van der Waals surface area contributed by atoms with E-state index in [1.54, 1.807) is 0 Å². The van der Waals surface area contributed by atoms with Gasteiger partial charge in [-0.1, -0.05) is 152 Å².